The highest BCUT2D eigenvalue weighted by Gasteiger charge is 2.57. The molecule has 1 atom stereocenters. The summed E-state index contributed by atoms with van der Waals surface area (Å²) in [6.07, 6.45) is -8.21. The second-order valence-electron chi connectivity index (χ2n) is 2.77. The molecule has 0 fully saturated rings. The molecule has 0 amide bonds. The van der Waals surface area contributed by atoms with Crippen molar-refractivity contribution in [2.45, 2.75) is 25.2 Å². The summed E-state index contributed by atoms with van der Waals surface area (Å²) in [6.45, 7) is -0.593. The first-order valence-corrected chi connectivity index (χ1v) is 3.99. The first kappa shape index (κ1) is 14.8. The average Bonchev–Trinajstić information content (AvgIpc) is 2.13. The van der Waals surface area contributed by atoms with Crippen LogP contribution in [0.5, 0.6) is 0 Å². The molecule has 0 N–H and O–H groups in total. The van der Waals surface area contributed by atoms with E-state index >= 15 is 0 Å². The number of rotatable bonds is 4. The van der Waals surface area contributed by atoms with Crippen molar-refractivity contribution in [3.05, 3.63) is 12.2 Å². The van der Waals surface area contributed by atoms with Crippen LogP contribution in [0.15, 0.2) is 12.2 Å². The molecular formula is C8H8F6O2. The Morgan fingerprint density at radius 2 is 1.81 bits per heavy atom. The van der Waals surface area contributed by atoms with Gasteiger partial charge in [-0.25, -0.2) is 9.18 Å². The number of hydrogen-bond donors (Lipinski definition) is 0. The molecule has 0 radical (unpaired) electrons. The van der Waals surface area contributed by atoms with Crippen LogP contribution >= 0.6 is 0 Å². The fourth-order valence-electron chi connectivity index (χ4n) is 0.664. The van der Waals surface area contributed by atoms with Crippen LogP contribution in [0.2, 0.25) is 0 Å². The van der Waals surface area contributed by atoms with Crippen LogP contribution in [-0.4, -0.2) is 30.8 Å². The molecule has 0 aromatic heterocycles. The zero-order valence-corrected chi connectivity index (χ0v) is 8.02. The predicted molar refractivity (Wildman–Crippen MR) is 41.7 cm³/mol. The Morgan fingerprint density at radius 1 is 1.31 bits per heavy atom. The van der Waals surface area contributed by atoms with Crippen molar-refractivity contribution in [3.63, 3.8) is 0 Å². The summed E-state index contributed by atoms with van der Waals surface area (Å²) in [5.74, 6) is -6.06. The van der Waals surface area contributed by atoms with E-state index in [4.69, 9.17) is 0 Å². The highest BCUT2D eigenvalue weighted by Crippen LogP contribution is 2.34. The van der Waals surface area contributed by atoms with Gasteiger partial charge in [0.15, 0.2) is 6.61 Å². The quantitative estimate of drug-likeness (QED) is 0.435. The van der Waals surface area contributed by atoms with Crippen molar-refractivity contribution in [1.29, 1.82) is 0 Å². The van der Waals surface area contributed by atoms with Gasteiger partial charge in [-0.15, -0.1) is 0 Å². The van der Waals surface area contributed by atoms with E-state index in [1.54, 1.807) is 0 Å². The SMILES string of the molecule is CC=CC(=O)OCC(F)(F)C(F)C(F)(F)F. The standard InChI is InChI=1S/C8H8F6O2/c1-2-3-5(15)16-4-7(10,11)6(9)8(12,13)14/h2-3,6H,4H2,1H3. The largest absolute Gasteiger partial charge is 0.456 e. The third kappa shape index (κ3) is 4.54. The van der Waals surface area contributed by atoms with Crippen LogP contribution in [0, 0.1) is 0 Å². The predicted octanol–water partition coefficient (Wildman–Crippen LogP) is 2.64. The molecule has 0 saturated heterocycles. The van der Waals surface area contributed by atoms with E-state index in [1.807, 2.05) is 0 Å². The van der Waals surface area contributed by atoms with Gasteiger partial charge in [-0.3, -0.25) is 0 Å². The Hall–Kier alpha value is -1.21. The van der Waals surface area contributed by atoms with Crippen LogP contribution in [0.25, 0.3) is 0 Å². The number of halogens is 6. The van der Waals surface area contributed by atoms with Crippen LogP contribution in [-0.2, 0) is 9.53 Å². The number of hydrogen-bond acceptors (Lipinski definition) is 2. The molecule has 94 valence electrons. The van der Waals surface area contributed by atoms with Gasteiger partial charge in [-0.2, -0.15) is 22.0 Å². The lowest BCUT2D eigenvalue weighted by molar-refractivity contribution is -0.253. The molecule has 16 heavy (non-hydrogen) atoms. The number of esters is 1. The summed E-state index contributed by atoms with van der Waals surface area (Å²) in [5.41, 5.74) is 0. The lowest BCUT2D eigenvalue weighted by Crippen LogP contribution is -2.45. The molecule has 0 saturated carbocycles. The van der Waals surface area contributed by atoms with Gasteiger partial charge in [0.05, 0.1) is 0 Å². The Balaban J connectivity index is 4.41. The van der Waals surface area contributed by atoms with Gasteiger partial charge in [0.2, 0.25) is 0 Å². The number of carbonyl (C=O) groups is 1. The average molecular weight is 250 g/mol. The highest BCUT2D eigenvalue weighted by molar-refractivity contribution is 5.81. The second-order valence-corrected chi connectivity index (χ2v) is 2.77. The fraction of sp³-hybridized carbons (Fsp3) is 0.625. The summed E-state index contributed by atoms with van der Waals surface area (Å²) >= 11 is 0. The molecule has 0 rings (SSSR count). The number of ether oxygens (including phenoxy) is 1. The Labute approximate surface area is 86.9 Å². The van der Waals surface area contributed by atoms with Crippen LogP contribution in [0.3, 0.4) is 0 Å². The van der Waals surface area contributed by atoms with Crippen LogP contribution < -0.4 is 0 Å². The molecule has 0 aliphatic heterocycles. The minimum Gasteiger partial charge on any atom is -0.456 e. The molecule has 1 unspecified atom stereocenters. The molecule has 2 nitrogen and oxygen atoms in total. The Morgan fingerprint density at radius 3 is 2.19 bits per heavy atom. The van der Waals surface area contributed by atoms with Crippen molar-refractivity contribution in [2.75, 3.05) is 6.61 Å². The van der Waals surface area contributed by atoms with Gasteiger partial charge in [0.1, 0.15) is 0 Å². The molecular weight excluding hydrogens is 242 g/mol. The van der Waals surface area contributed by atoms with E-state index in [2.05, 4.69) is 4.74 Å². The van der Waals surface area contributed by atoms with Crippen LogP contribution in [0.1, 0.15) is 6.92 Å². The molecule has 0 bridgehead atoms. The summed E-state index contributed by atoms with van der Waals surface area (Å²) < 4.78 is 75.8. The van der Waals surface area contributed by atoms with Gasteiger partial charge in [-0.1, -0.05) is 6.08 Å². The van der Waals surface area contributed by atoms with Crippen molar-refractivity contribution < 1.29 is 35.9 Å². The smallest absolute Gasteiger partial charge is 0.425 e. The van der Waals surface area contributed by atoms with Gasteiger partial charge < -0.3 is 4.74 Å². The number of carbonyl (C=O) groups excluding carboxylic acids is 1. The molecule has 0 spiro atoms. The molecule has 0 aromatic rings. The summed E-state index contributed by atoms with van der Waals surface area (Å²) in [6, 6.07) is 0. The zero-order chi connectivity index (χ0) is 13.0. The Bertz CT molecular complexity index is 270. The maximum absolute atomic E-state index is 12.5. The molecule has 8 heteroatoms. The first-order chi connectivity index (χ1) is 7.11. The van der Waals surface area contributed by atoms with E-state index in [1.165, 1.54) is 6.92 Å². The van der Waals surface area contributed by atoms with Crippen molar-refractivity contribution in [2.24, 2.45) is 0 Å². The van der Waals surface area contributed by atoms with Gasteiger partial charge in [-0.05, 0) is 6.92 Å². The van der Waals surface area contributed by atoms with E-state index in [9.17, 15) is 31.1 Å². The molecule has 0 aliphatic rings. The second kappa shape index (κ2) is 5.22. The number of alkyl halides is 6. The topological polar surface area (TPSA) is 26.3 Å². The van der Waals surface area contributed by atoms with Gasteiger partial charge >= 0.3 is 18.1 Å². The maximum Gasteiger partial charge on any atom is 0.425 e. The lowest BCUT2D eigenvalue weighted by atomic mass is 10.2. The van der Waals surface area contributed by atoms with E-state index in [-0.39, 0.29) is 0 Å². The summed E-state index contributed by atoms with van der Waals surface area (Å²) in [4.78, 5) is 10.5. The maximum atomic E-state index is 12.5. The lowest BCUT2D eigenvalue weighted by Gasteiger charge is -2.21. The zero-order valence-electron chi connectivity index (χ0n) is 8.02. The Kier molecular flexibility index (Phi) is 4.82. The van der Waals surface area contributed by atoms with Crippen molar-refractivity contribution in [3.8, 4) is 0 Å². The van der Waals surface area contributed by atoms with Gasteiger partial charge in [0, 0.05) is 6.08 Å². The molecule has 0 aliphatic carbocycles. The monoisotopic (exact) mass is 250 g/mol. The minimum absolute atomic E-state index is 0.719. The van der Waals surface area contributed by atoms with Crippen molar-refractivity contribution in [1.82, 2.24) is 0 Å². The first-order valence-electron chi connectivity index (χ1n) is 3.99. The van der Waals surface area contributed by atoms with E-state index in [0.717, 1.165) is 12.2 Å². The van der Waals surface area contributed by atoms with Gasteiger partial charge in [0.25, 0.3) is 6.17 Å². The van der Waals surface area contributed by atoms with E-state index in [0.29, 0.717) is 0 Å². The fourth-order valence-corrected chi connectivity index (χ4v) is 0.664. The third-order valence-electron chi connectivity index (χ3n) is 1.37. The minimum atomic E-state index is -5.70. The van der Waals surface area contributed by atoms with Crippen molar-refractivity contribution >= 4 is 5.97 Å². The van der Waals surface area contributed by atoms with Crippen LogP contribution in [0.4, 0.5) is 26.3 Å². The third-order valence-corrected chi connectivity index (χ3v) is 1.37. The highest BCUT2D eigenvalue weighted by atomic mass is 19.4. The van der Waals surface area contributed by atoms with E-state index < -0.39 is 30.8 Å². The molecule has 0 heterocycles. The summed E-state index contributed by atoms with van der Waals surface area (Å²) in [7, 11) is 0. The molecule has 0 aromatic carbocycles. The normalized spacial score (nSPS) is 15.2. The summed E-state index contributed by atoms with van der Waals surface area (Å²) in [5, 5.41) is 0. The number of allylic oxidation sites excluding steroid dienone is 1.